The topological polar surface area (TPSA) is 79.0 Å². The lowest BCUT2D eigenvalue weighted by Gasteiger charge is -2.50. The third kappa shape index (κ3) is 11.7. The molecule has 4 aliphatic carbocycles. The van der Waals surface area contributed by atoms with E-state index in [1.165, 1.54) is 148 Å². The highest BCUT2D eigenvalue weighted by Gasteiger charge is 2.44. The Morgan fingerprint density at radius 3 is 1.94 bits per heavy atom. The van der Waals surface area contributed by atoms with Crippen molar-refractivity contribution >= 4 is 5.91 Å². The summed E-state index contributed by atoms with van der Waals surface area (Å²) in [6.45, 7) is 17.7. The summed E-state index contributed by atoms with van der Waals surface area (Å²) in [4.78, 5) is 27.7. The van der Waals surface area contributed by atoms with Gasteiger partial charge in [0.2, 0.25) is 5.91 Å². The van der Waals surface area contributed by atoms with Crippen molar-refractivity contribution in [1.82, 2.24) is 40.3 Å². The van der Waals surface area contributed by atoms with Gasteiger partial charge in [-0.05, 0) is 189 Å². The molecule has 11 nitrogen and oxygen atoms in total. The maximum absolute atomic E-state index is 14.7. The summed E-state index contributed by atoms with van der Waals surface area (Å²) in [6, 6.07) is 1.87. The zero-order chi connectivity index (χ0) is 43.4. The molecule has 11 heteroatoms. The van der Waals surface area contributed by atoms with Crippen LogP contribution in [0, 0.1) is 59.2 Å². The number of fused-ring (bicyclic) bond motifs is 2. The fraction of sp³-hybridized carbons (Fsp3) is 0.981. The number of amides is 1. The van der Waals surface area contributed by atoms with Gasteiger partial charge >= 0.3 is 0 Å². The molecule has 14 aliphatic rings. The minimum atomic E-state index is -0.0971. The standard InChI is InChI=1S/C53H94N8O3/c1-39-27-44-29-48-33-61(55-52(39)48)38-64-35-43-13-9-41(10-14-43)28-40-7-11-42(12-8-40)34-63-37-60-32-47(31-46-5-3-4-6-51(46)60)45-15-21-57(22-16-45)36-54-50(30-44)53(62)59-25-23-58(24-26-59)49-17-19-56(2)20-18-49/h39-52,54-55H,3-38H2,1-2H3/t39?,40?,41?,42?,43?,44?,46?,47?,48?,50-,51?,52?/m1/s1. The Labute approximate surface area is 390 Å². The molecule has 14 fully saturated rings. The van der Waals surface area contributed by atoms with Crippen LogP contribution < -0.4 is 10.7 Å². The highest BCUT2D eigenvalue weighted by molar-refractivity contribution is 5.82. The lowest BCUT2D eigenvalue weighted by atomic mass is 9.70. The Balaban J connectivity index is 0.793. The Hall–Kier alpha value is -0.890. The SMILES string of the molecule is CC1CC2CC3CN(COCC4CCC(CC4)CC4CCC(CC4)COCN4CC(CC5CCCCC54)C4CCN(CC4)CN[C@@H](C(=O)N4CCN(C5CCN(C)CC5)CC4)C2)NC13. The van der Waals surface area contributed by atoms with Crippen molar-refractivity contribution < 1.29 is 14.3 Å². The van der Waals surface area contributed by atoms with E-state index in [2.05, 4.69) is 54.2 Å². The Kier molecular flexibility index (Phi) is 16.3. The summed E-state index contributed by atoms with van der Waals surface area (Å²) < 4.78 is 13.2. The predicted octanol–water partition coefficient (Wildman–Crippen LogP) is 6.94. The maximum Gasteiger partial charge on any atom is 0.239 e. The van der Waals surface area contributed by atoms with Crippen LogP contribution in [0.3, 0.4) is 0 Å². The van der Waals surface area contributed by atoms with E-state index in [1.807, 2.05) is 0 Å². The molecule has 4 saturated carbocycles. The molecule has 10 heterocycles. The molecule has 0 radical (unpaired) electrons. The number of ether oxygens (including phenoxy) is 2. The van der Waals surface area contributed by atoms with Crippen molar-refractivity contribution in [2.45, 2.75) is 166 Å². The van der Waals surface area contributed by atoms with Gasteiger partial charge in [-0.3, -0.25) is 24.8 Å². The van der Waals surface area contributed by atoms with E-state index in [1.54, 1.807) is 0 Å². The molecule has 0 aromatic heterocycles. The van der Waals surface area contributed by atoms with Crippen LogP contribution in [-0.2, 0) is 14.3 Å². The summed E-state index contributed by atoms with van der Waals surface area (Å²) in [5.41, 5.74) is 3.93. The van der Waals surface area contributed by atoms with E-state index in [4.69, 9.17) is 9.47 Å². The Morgan fingerprint density at radius 1 is 0.547 bits per heavy atom. The molecular formula is C53H94N8O3. The fourth-order valence-corrected chi connectivity index (χ4v) is 16.1. The number of piperazine rings is 1. The third-order valence-corrected chi connectivity index (χ3v) is 20.0. The van der Waals surface area contributed by atoms with E-state index < -0.39 is 0 Å². The number of carbonyl (C=O) groups is 1. The van der Waals surface area contributed by atoms with Gasteiger partial charge in [0.05, 0.1) is 26.0 Å². The minimum absolute atomic E-state index is 0.0971. The first-order valence-corrected chi connectivity index (χ1v) is 27.9. The van der Waals surface area contributed by atoms with E-state index in [-0.39, 0.29) is 6.04 Å². The van der Waals surface area contributed by atoms with Gasteiger partial charge in [0.15, 0.2) is 0 Å². The normalized spacial score (nSPS) is 45.5. The van der Waals surface area contributed by atoms with Crippen molar-refractivity contribution in [3.05, 3.63) is 0 Å². The van der Waals surface area contributed by atoms with Gasteiger partial charge in [-0.1, -0.05) is 45.4 Å². The number of nitrogens with one attached hydrogen (secondary N) is 2. The predicted molar refractivity (Wildman–Crippen MR) is 256 cm³/mol. The third-order valence-electron chi connectivity index (χ3n) is 20.0. The van der Waals surface area contributed by atoms with E-state index in [0.717, 1.165) is 126 Å². The monoisotopic (exact) mass is 891 g/mol. The highest BCUT2D eigenvalue weighted by Crippen LogP contribution is 2.44. The molecule has 10 aliphatic heterocycles. The molecule has 0 spiro atoms. The number of carbonyl (C=O) groups excluding carboxylic acids is 1. The maximum atomic E-state index is 14.7. The summed E-state index contributed by atoms with van der Waals surface area (Å²) in [5.74, 6) is 8.05. The van der Waals surface area contributed by atoms with Gasteiger partial charge in [0.1, 0.15) is 6.73 Å². The van der Waals surface area contributed by atoms with Crippen LogP contribution in [0.5, 0.6) is 0 Å². The Morgan fingerprint density at radius 2 is 1.22 bits per heavy atom. The van der Waals surface area contributed by atoms with E-state index in [0.29, 0.717) is 42.5 Å². The van der Waals surface area contributed by atoms with Gasteiger partial charge in [0, 0.05) is 64.1 Å². The number of likely N-dealkylation sites (tertiary alicyclic amines) is 1. The second-order valence-corrected chi connectivity index (χ2v) is 24.3. The van der Waals surface area contributed by atoms with Crippen molar-refractivity contribution in [2.75, 3.05) is 106 Å². The minimum Gasteiger partial charge on any atom is -0.366 e. The molecule has 14 rings (SSSR count). The lowest BCUT2D eigenvalue weighted by Crippen LogP contribution is -2.58. The molecule has 0 aromatic rings. The molecule has 9 unspecified atom stereocenters. The largest absolute Gasteiger partial charge is 0.366 e. The fourth-order valence-electron chi connectivity index (χ4n) is 16.1. The van der Waals surface area contributed by atoms with Gasteiger partial charge in [-0.15, -0.1) is 0 Å². The van der Waals surface area contributed by atoms with Crippen molar-refractivity contribution in [1.29, 1.82) is 0 Å². The molecule has 10 atom stereocenters. The van der Waals surface area contributed by atoms with Crippen LogP contribution >= 0.6 is 0 Å². The van der Waals surface area contributed by atoms with Crippen LogP contribution in [0.1, 0.15) is 142 Å². The summed E-state index contributed by atoms with van der Waals surface area (Å²) in [6.07, 6.45) is 28.2. The summed E-state index contributed by atoms with van der Waals surface area (Å²) in [7, 11) is 2.26. The number of hydrogen-bond acceptors (Lipinski definition) is 10. The number of hydrogen-bond donors (Lipinski definition) is 2. The summed E-state index contributed by atoms with van der Waals surface area (Å²) >= 11 is 0. The zero-order valence-electron chi connectivity index (χ0n) is 40.9. The van der Waals surface area contributed by atoms with Gasteiger partial charge in [0.25, 0.3) is 0 Å². The molecule has 2 N–H and O–H groups in total. The van der Waals surface area contributed by atoms with Crippen LogP contribution in [0.4, 0.5) is 0 Å². The van der Waals surface area contributed by atoms with Crippen LogP contribution in [0.15, 0.2) is 0 Å². The van der Waals surface area contributed by atoms with E-state index >= 15 is 0 Å². The molecule has 64 heavy (non-hydrogen) atoms. The van der Waals surface area contributed by atoms with Crippen LogP contribution in [-0.4, -0.2) is 165 Å². The van der Waals surface area contributed by atoms with Gasteiger partial charge in [-0.25, -0.2) is 10.4 Å². The zero-order valence-corrected chi connectivity index (χ0v) is 40.9. The van der Waals surface area contributed by atoms with Gasteiger partial charge < -0.3 is 19.3 Å². The van der Waals surface area contributed by atoms with Crippen molar-refractivity contribution in [3.63, 3.8) is 0 Å². The van der Waals surface area contributed by atoms with E-state index in [9.17, 15) is 4.79 Å². The van der Waals surface area contributed by atoms with Crippen LogP contribution in [0.25, 0.3) is 0 Å². The molecule has 1 amide bonds. The first-order chi connectivity index (χ1) is 31.4. The molecule has 0 aromatic carbocycles. The lowest BCUT2D eigenvalue weighted by molar-refractivity contribution is -0.136. The second kappa shape index (κ2) is 22.2. The Bertz CT molecular complexity index is 1430. The molecule has 11 bridgehead atoms. The van der Waals surface area contributed by atoms with Gasteiger partial charge in [-0.2, -0.15) is 0 Å². The summed E-state index contributed by atoms with van der Waals surface area (Å²) in [5, 5.41) is 6.41. The first kappa shape index (κ1) is 46.8. The smallest absolute Gasteiger partial charge is 0.239 e. The molecule has 364 valence electrons. The number of rotatable bonds is 2. The average Bonchev–Trinajstić information content (AvgIpc) is 3.75. The molecule has 10 saturated heterocycles. The highest BCUT2D eigenvalue weighted by atomic mass is 16.5. The van der Waals surface area contributed by atoms with Crippen LogP contribution in [0.2, 0.25) is 0 Å². The average molecular weight is 891 g/mol. The van der Waals surface area contributed by atoms with Crippen molar-refractivity contribution in [3.8, 4) is 0 Å². The number of hydrazine groups is 1. The number of piperidine rings is 3. The second-order valence-electron chi connectivity index (χ2n) is 24.3. The first-order valence-electron chi connectivity index (χ1n) is 27.9. The quantitative estimate of drug-likeness (QED) is 0.305. The van der Waals surface area contributed by atoms with Crippen molar-refractivity contribution in [2.24, 2.45) is 59.2 Å². The number of nitrogens with zero attached hydrogens (tertiary/aromatic N) is 6. The molecular weight excluding hydrogens is 797 g/mol.